The van der Waals surface area contributed by atoms with Gasteiger partial charge in [-0.1, -0.05) is 20.8 Å². The monoisotopic (exact) mass is 296 g/mol. The van der Waals surface area contributed by atoms with Gasteiger partial charge >= 0.3 is 0 Å². The van der Waals surface area contributed by atoms with Crippen LogP contribution in [0.2, 0.25) is 0 Å². The first-order valence-corrected chi connectivity index (χ1v) is 7.63. The van der Waals surface area contributed by atoms with Gasteiger partial charge in [0.05, 0.1) is 13.7 Å². The average Bonchev–Trinajstić information content (AvgIpc) is 2.54. The maximum absolute atomic E-state index is 9.64. The highest BCUT2D eigenvalue weighted by Gasteiger charge is 2.26. The molecule has 0 aromatic carbocycles. The number of aliphatic hydroxyl groups is 1. The van der Waals surface area contributed by atoms with E-state index in [2.05, 4.69) is 41.4 Å². The molecule has 0 atom stereocenters. The number of nitrogens with zero attached hydrogens (tertiary/aromatic N) is 2. The molecular formula is C15H28N4O2. The van der Waals surface area contributed by atoms with E-state index in [9.17, 15) is 5.11 Å². The minimum atomic E-state index is -0.132. The first-order valence-electron chi connectivity index (χ1n) is 7.63. The van der Waals surface area contributed by atoms with Crippen LogP contribution in [-0.4, -0.2) is 41.9 Å². The third kappa shape index (κ3) is 4.46. The van der Waals surface area contributed by atoms with E-state index >= 15 is 0 Å². The zero-order chi connectivity index (χ0) is 15.7. The Labute approximate surface area is 127 Å². The van der Waals surface area contributed by atoms with Gasteiger partial charge in [0.1, 0.15) is 6.33 Å². The largest absolute Gasteiger partial charge is 0.490 e. The highest BCUT2D eigenvalue weighted by Crippen LogP contribution is 2.31. The van der Waals surface area contributed by atoms with Crippen LogP contribution in [0.15, 0.2) is 6.33 Å². The summed E-state index contributed by atoms with van der Waals surface area (Å²) in [5.74, 6) is 1.97. The maximum Gasteiger partial charge on any atom is 0.204 e. The Morgan fingerprint density at radius 2 is 1.76 bits per heavy atom. The highest BCUT2D eigenvalue weighted by atomic mass is 16.5. The van der Waals surface area contributed by atoms with Gasteiger partial charge in [-0.15, -0.1) is 0 Å². The number of rotatable bonds is 10. The highest BCUT2D eigenvalue weighted by molar-refractivity contribution is 5.63. The predicted octanol–water partition coefficient (Wildman–Crippen LogP) is 2.52. The molecule has 6 heteroatoms. The van der Waals surface area contributed by atoms with Gasteiger partial charge in [0.15, 0.2) is 11.6 Å². The lowest BCUT2D eigenvalue weighted by Crippen LogP contribution is -2.32. The van der Waals surface area contributed by atoms with Gasteiger partial charge in [-0.3, -0.25) is 0 Å². The molecule has 0 saturated heterocycles. The summed E-state index contributed by atoms with van der Waals surface area (Å²) in [6, 6.07) is 0. The van der Waals surface area contributed by atoms with Crippen molar-refractivity contribution in [3.63, 3.8) is 0 Å². The van der Waals surface area contributed by atoms with Crippen LogP contribution in [0.5, 0.6) is 5.75 Å². The molecule has 0 aliphatic heterocycles. The molecule has 0 aliphatic rings. The molecule has 1 heterocycles. The second-order valence-electron chi connectivity index (χ2n) is 5.25. The molecule has 6 nitrogen and oxygen atoms in total. The zero-order valence-electron chi connectivity index (χ0n) is 13.6. The molecule has 0 fully saturated rings. The standard InChI is InChI=1S/C15H28N4O2/c1-5-8-16-13-12(21-4)14(19-11-18-13)17-9-15(6-2,7-3)10-20/h11,20H,5-10H2,1-4H3,(H2,16,17,18,19). The number of methoxy groups -OCH3 is 1. The predicted molar refractivity (Wildman–Crippen MR) is 86.0 cm³/mol. The first kappa shape index (κ1) is 17.5. The van der Waals surface area contributed by atoms with Gasteiger partial charge in [-0.05, 0) is 19.3 Å². The lowest BCUT2D eigenvalue weighted by atomic mass is 9.83. The van der Waals surface area contributed by atoms with Crippen molar-refractivity contribution < 1.29 is 9.84 Å². The molecular weight excluding hydrogens is 268 g/mol. The summed E-state index contributed by atoms with van der Waals surface area (Å²) in [5.41, 5.74) is -0.132. The van der Waals surface area contributed by atoms with E-state index in [0.717, 1.165) is 25.8 Å². The third-order valence-electron chi connectivity index (χ3n) is 4.02. The van der Waals surface area contributed by atoms with Gasteiger partial charge in [0.2, 0.25) is 5.75 Å². The van der Waals surface area contributed by atoms with Crippen molar-refractivity contribution in [1.82, 2.24) is 9.97 Å². The Kier molecular flexibility index (Phi) is 7.22. The fourth-order valence-corrected chi connectivity index (χ4v) is 2.11. The normalized spacial score (nSPS) is 11.3. The summed E-state index contributed by atoms with van der Waals surface area (Å²) in [5, 5.41) is 16.2. The van der Waals surface area contributed by atoms with Crippen molar-refractivity contribution in [2.45, 2.75) is 40.0 Å². The van der Waals surface area contributed by atoms with E-state index in [-0.39, 0.29) is 12.0 Å². The van der Waals surface area contributed by atoms with Crippen LogP contribution in [0.4, 0.5) is 11.6 Å². The minimum Gasteiger partial charge on any atom is -0.490 e. The van der Waals surface area contributed by atoms with Crippen LogP contribution < -0.4 is 15.4 Å². The van der Waals surface area contributed by atoms with Gasteiger partial charge in [-0.2, -0.15) is 0 Å². The molecule has 120 valence electrons. The Morgan fingerprint density at radius 3 is 2.24 bits per heavy atom. The Morgan fingerprint density at radius 1 is 1.14 bits per heavy atom. The van der Waals surface area contributed by atoms with Crippen LogP contribution >= 0.6 is 0 Å². The Hall–Kier alpha value is -1.56. The van der Waals surface area contributed by atoms with E-state index in [0.29, 0.717) is 23.9 Å². The Bertz CT molecular complexity index is 414. The molecule has 3 N–H and O–H groups in total. The van der Waals surface area contributed by atoms with Crippen LogP contribution in [0, 0.1) is 5.41 Å². The van der Waals surface area contributed by atoms with Crippen LogP contribution in [0.25, 0.3) is 0 Å². The van der Waals surface area contributed by atoms with Gasteiger partial charge in [-0.25, -0.2) is 9.97 Å². The van der Waals surface area contributed by atoms with E-state index in [4.69, 9.17) is 4.74 Å². The summed E-state index contributed by atoms with van der Waals surface area (Å²) in [7, 11) is 1.61. The number of aliphatic hydroxyl groups excluding tert-OH is 1. The maximum atomic E-state index is 9.64. The summed E-state index contributed by atoms with van der Waals surface area (Å²) in [6.45, 7) is 7.91. The molecule has 0 bridgehead atoms. The molecule has 21 heavy (non-hydrogen) atoms. The fraction of sp³-hybridized carbons (Fsp3) is 0.733. The molecule has 0 amide bonds. The summed E-state index contributed by atoms with van der Waals surface area (Å²) in [6.07, 6.45) is 4.33. The SMILES string of the molecule is CCCNc1ncnc(NCC(CC)(CC)CO)c1OC. The number of hydrogen-bond acceptors (Lipinski definition) is 6. The fourth-order valence-electron chi connectivity index (χ4n) is 2.11. The second kappa shape index (κ2) is 8.67. The number of nitrogens with one attached hydrogen (secondary N) is 2. The van der Waals surface area contributed by atoms with Crippen LogP contribution in [0.1, 0.15) is 40.0 Å². The molecule has 1 rings (SSSR count). The van der Waals surface area contributed by atoms with Crippen LogP contribution in [-0.2, 0) is 0 Å². The number of hydrogen-bond donors (Lipinski definition) is 3. The number of anilines is 2. The quantitative estimate of drug-likeness (QED) is 0.616. The topological polar surface area (TPSA) is 79.3 Å². The van der Waals surface area contributed by atoms with Crippen molar-refractivity contribution in [1.29, 1.82) is 0 Å². The molecule has 0 aliphatic carbocycles. The van der Waals surface area contributed by atoms with E-state index in [1.54, 1.807) is 7.11 Å². The minimum absolute atomic E-state index is 0.132. The zero-order valence-corrected chi connectivity index (χ0v) is 13.6. The lowest BCUT2D eigenvalue weighted by Gasteiger charge is -2.30. The summed E-state index contributed by atoms with van der Waals surface area (Å²) < 4.78 is 5.43. The third-order valence-corrected chi connectivity index (χ3v) is 4.02. The second-order valence-corrected chi connectivity index (χ2v) is 5.25. The van der Waals surface area contributed by atoms with Crippen molar-refractivity contribution in [3.05, 3.63) is 6.33 Å². The molecule has 0 unspecified atom stereocenters. The van der Waals surface area contributed by atoms with Crippen molar-refractivity contribution in [2.24, 2.45) is 5.41 Å². The first-order chi connectivity index (χ1) is 10.2. The van der Waals surface area contributed by atoms with E-state index < -0.39 is 0 Å². The van der Waals surface area contributed by atoms with Crippen molar-refractivity contribution >= 4 is 11.6 Å². The van der Waals surface area contributed by atoms with Crippen molar-refractivity contribution in [2.75, 3.05) is 37.4 Å². The number of aromatic nitrogens is 2. The molecule has 0 saturated carbocycles. The average molecular weight is 296 g/mol. The molecule has 0 spiro atoms. The van der Waals surface area contributed by atoms with Gasteiger partial charge in [0.25, 0.3) is 0 Å². The van der Waals surface area contributed by atoms with Gasteiger partial charge < -0.3 is 20.5 Å². The summed E-state index contributed by atoms with van der Waals surface area (Å²) in [4.78, 5) is 8.47. The number of ether oxygens (including phenoxy) is 1. The van der Waals surface area contributed by atoms with E-state index in [1.165, 1.54) is 6.33 Å². The lowest BCUT2D eigenvalue weighted by molar-refractivity contribution is 0.127. The van der Waals surface area contributed by atoms with Crippen molar-refractivity contribution in [3.8, 4) is 5.75 Å². The van der Waals surface area contributed by atoms with Gasteiger partial charge in [0, 0.05) is 18.5 Å². The van der Waals surface area contributed by atoms with E-state index in [1.807, 2.05) is 0 Å². The molecule has 1 aromatic rings. The molecule has 0 radical (unpaired) electrons. The molecule has 1 aromatic heterocycles. The smallest absolute Gasteiger partial charge is 0.204 e. The summed E-state index contributed by atoms with van der Waals surface area (Å²) >= 11 is 0. The Balaban J connectivity index is 2.87. The van der Waals surface area contributed by atoms with Crippen LogP contribution in [0.3, 0.4) is 0 Å².